The Bertz CT molecular complexity index is 265. The van der Waals surface area contributed by atoms with Crippen LogP contribution >= 0.6 is 0 Å². The molecule has 0 saturated heterocycles. The molecule has 0 aromatic carbocycles. The zero-order valence-electron chi connectivity index (χ0n) is 11.3. The molecule has 2 aliphatic rings. The molecule has 17 heavy (non-hydrogen) atoms. The Labute approximate surface area is 105 Å². The van der Waals surface area contributed by atoms with Crippen molar-refractivity contribution in [3.8, 4) is 0 Å². The molecule has 0 spiro atoms. The fourth-order valence-corrected chi connectivity index (χ4v) is 3.07. The van der Waals surface area contributed by atoms with E-state index in [-0.39, 0.29) is 11.9 Å². The van der Waals surface area contributed by atoms with Gasteiger partial charge in [0, 0.05) is 12.1 Å². The van der Waals surface area contributed by atoms with Gasteiger partial charge in [-0.3, -0.25) is 4.79 Å². The molecule has 2 N–H and O–H groups in total. The number of carbonyl (C=O) groups is 1. The minimum absolute atomic E-state index is 0.0434. The summed E-state index contributed by atoms with van der Waals surface area (Å²) in [5, 5.41) is 6.56. The van der Waals surface area contributed by atoms with Crippen LogP contribution in [0.3, 0.4) is 0 Å². The Morgan fingerprint density at radius 2 is 1.65 bits per heavy atom. The third-order valence-corrected chi connectivity index (χ3v) is 3.98. The standard InChI is InChI=1S/C14H26N2O/c1-9-6-10(2)8-13(7-9)15-11(3)14(17)16-12-4-5-12/h9-13,15H,4-8H2,1-3H3,(H,16,17). The molecule has 0 aromatic heterocycles. The number of hydrogen-bond donors (Lipinski definition) is 2. The summed E-state index contributed by atoms with van der Waals surface area (Å²) in [4.78, 5) is 11.9. The highest BCUT2D eigenvalue weighted by molar-refractivity contribution is 5.81. The van der Waals surface area contributed by atoms with E-state index >= 15 is 0 Å². The van der Waals surface area contributed by atoms with Gasteiger partial charge in [-0.1, -0.05) is 13.8 Å². The van der Waals surface area contributed by atoms with Crippen molar-refractivity contribution >= 4 is 5.91 Å². The first-order valence-electron chi connectivity index (χ1n) is 7.11. The Balaban J connectivity index is 1.76. The quantitative estimate of drug-likeness (QED) is 0.787. The Morgan fingerprint density at radius 1 is 1.06 bits per heavy atom. The molecule has 1 amide bonds. The van der Waals surface area contributed by atoms with Crippen LogP contribution in [0.4, 0.5) is 0 Å². The third kappa shape index (κ3) is 3.98. The van der Waals surface area contributed by atoms with Gasteiger partial charge in [-0.2, -0.15) is 0 Å². The summed E-state index contributed by atoms with van der Waals surface area (Å²) in [6.45, 7) is 6.63. The van der Waals surface area contributed by atoms with Crippen molar-refractivity contribution in [2.75, 3.05) is 0 Å². The predicted molar refractivity (Wildman–Crippen MR) is 69.7 cm³/mol. The van der Waals surface area contributed by atoms with Gasteiger partial charge in [0.15, 0.2) is 0 Å². The zero-order valence-corrected chi connectivity index (χ0v) is 11.3. The molecule has 0 aromatic rings. The topological polar surface area (TPSA) is 41.1 Å². The minimum Gasteiger partial charge on any atom is -0.352 e. The van der Waals surface area contributed by atoms with E-state index in [0.717, 1.165) is 24.7 Å². The second kappa shape index (κ2) is 5.38. The number of rotatable bonds is 4. The van der Waals surface area contributed by atoms with Gasteiger partial charge >= 0.3 is 0 Å². The highest BCUT2D eigenvalue weighted by Crippen LogP contribution is 2.28. The van der Waals surface area contributed by atoms with Gasteiger partial charge < -0.3 is 10.6 Å². The summed E-state index contributed by atoms with van der Waals surface area (Å²) >= 11 is 0. The van der Waals surface area contributed by atoms with E-state index in [0.29, 0.717) is 12.1 Å². The first-order chi connectivity index (χ1) is 8.04. The average molecular weight is 238 g/mol. The van der Waals surface area contributed by atoms with E-state index in [9.17, 15) is 4.79 Å². The SMILES string of the molecule is CC1CC(C)CC(NC(C)C(=O)NC2CC2)C1. The summed E-state index contributed by atoms with van der Waals surface area (Å²) in [5.74, 6) is 1.75. The summed E-state index contributed by atoms with van der Waals surface area (Å²) in [7, 11) is 0. The van der Waals surface area contributed by atoms with Crippen LogP contribution < -0.4 is 10.6 Å². The monoisotopic (exact) mass is 238 g/mol. The molecule has 0 heterocycles. The van der Waals surface area contributed by atoms with Crippen molar-refractivity contribution in [3.05, 3.63) is 0 Å². The van der Waals surface area contributed by atoms with Crippen molar-refractivity contribution < 1.29 is 4.79 Å². The molecule has 0 radical (unpaired) electrons. The molecular weight excluding hydrogens is 212 g/mol. The van der Waals surface area contributed by atoms with Crippen LogP contribution in [-0.4, -0.2) is 24.0 Å². The van der Waals surface area contributed by atoms with Crippen LogP contribution in [-0.2, 0) is 4.79 Å². The molecule has 3 nitrogen and oxygen atoms in total. The molecule has 3 atom stereocenters. The second-order valence-electron chi connectivity index (χ2n) is 6.29. The molecule has 2 aliphatic carbocycles. The van der Waals surface area contributed by atoms with Crippen LogP contribution in [0.5, 0.6) is 0 Å². The van der Waals surface area contributed by atoms with Crippen molar-refractivity contribution in [2.24, 2.45) is 11.8 Å². The predicted octanol–water partition coefficient (Wildman–Crippen LogP) is 2.07. The van der Waals surface area contributed by atoms with Crippen LogP contribution in [0.15, 0.2) is 0 Å². The van der Waals surface area contributed by atoms with E-state index in [2.05, 4.69) is 24.5 Å². The van der Waals surface area contributed by atoms with Crippen molar-refractivity contribution in [3.63, 3.8) is 0 Å². The van der Waals surface area contributed by atoms with E-state index in [4.69, 9.17) is 0 Å². The summed E-state index contributed by atoms with van der Waals surface area (Å²) in [6.07, 6.45) is 6.09. The highest BCUT2D eigenvalue weighted by Gasteiger charge is 2.29. The van der Waals surface area contributed by atoms with Gasteiger partial charge in [0.2, 0.25) is 5.91 Å². The fourth-order valence-electron chi connectivity index (χ4n) is 3.07. The molecule has 0 aliphatic heterocycles. The number of carbonyl (C=O) groups excluding carboxylic acids is 1. The van der Waals surface area contributed by atoms with E-state index in [1.807, 2.05) is 6.92 Å². The molecular formula is C14H26N2O. The number of nitrogens with one attached hydrogen (secondary N) is 2. The maximum Gasteiger partial charge on any atom is 0.237 e. The Kier molecular flexibility index (Phi) is 4.08. The Hall–Kier alpha value is -0.570. The van der Waals surface area contributed by atoms with Gasteiger partial charge in [0.05, 0.1) is 6.04 Å². The maximum atomic E-state index is 11.9. The van der Waals surface area contributed by atoms with Gasteiger partial charge in [0.25, 0.3) is 0 Å². The number of amides is 1. The lowest BCUT2D eigenvalue weighted by Gasteiger charge is -2.33. The summed E-state index contributed by atoms with van der Waals surface area (Å²) in [6, 6.07) is 0.947. The van der Waals surface area contributed by atoms with E-state index in [1.54, 1.807) is 0 Å². The minimum atomic E-state index is -0.0434. The lowest BCUT2D eigenvalue weighted by atomic mass is 9.80. The zero-order chi connectivity index (χ0) is 12.4. The van der Waals surface area contributed by atoms with Crippen LogP contribution in [0.1, 0.15) is 52.9 Å². The Morgan fingerprint density at radius 3 is 2.18 bits per heavy atom. The molecule has 3 unspecified atom stereocenters. The van der Waals surface area contributed by atoms with Crippen LogP contribution in [0.2, 0.25) is 0 Å². The molecule has 2 fully saturated rings. The molecule has 0 bridgehead atoms. The van der Waals surface area contributed by atoms with E-state index < -0.39 is 0 Å². The van der Waals surface area contributed by atoms with Gasteiger partial charge in [-0.25, -0.2) is 0 Å². The summed E-state index contributed by atoms with van der Waals surface area (Å²) in [5.41, 5.74) is 0. The lowest BCUT2D eigenvalue weighted by molar-refractivity contribution is -0.123. The molecule has 3 heteroatoms. The first kappa shape index (κ1) is 12.9. The lowest BCUT2D eigenvalue weighted by Crippen LogP contribution is -2.49. The van der Waals surface area contributed by atoms with Crippen LogP contribution in [0.25, 0.3) is 0 Å². The normalized spacial score (nSPS) is 35.4. The molecule has 98 valence electrons. The van der Waals surface area contributed by atoms with E-state index in [1.165, 1.54) is 19.3 Å². The largest absolute Gasteiger partial charge is 0.352 e. The van der Waals surface area contributed by atoms with Crippen molar-refractivity contribution in [1.82, 2.24) is 10.6 Å². The second-order valence-corrected chi connectivity index (χ2v) is 6.29. The third-order valence-electron chi connectivity index (χ3n) is 3.98. The van der Waals surface area contributed by atoms with Crippen LogP contribution in [0, 0.1) is 11.8 Å². The van der Waals surface area contributed by atoms with Gasteiger partial charge in [-0.15, -0.1) is 0 Å². The average Bonchev–Trinajstić information content (AvgIpc) is 2.99. The fraction of sp³-hybridized carbons (Fsp3) is 0.929. The summed E-state index contributed by atoms with van der Waals surface area (Å²) < 4.78 is 0. The maximum absolute atomic E-state index is 11.9. The first-order valence-corrected chi connectivity index (χ1v) is 7.11. The van der Waals surface area contributed by atoms with Crippen molar-refractivity contribution in [1.29, 1.82) is 0 Å². The molecule has 2 saturated carbocycles. The van der Waals surface area contributed by atoms with Gasteiger partial charge in [0.1, 0.15) is 0 Å². The highest BCUT2D eigenvalue weighted by atomic mass is 16.2. The number of hydrogen-bond acceptors (Lipinski definition) is 2. The van der Waals surface area contributed by atoms with Gasteiger partial charge in [-0.05, 0) is 50.9 Å². The molecule has 2 rings (SSSR count). The van der Waals surface area contributed by atoms with Crippen molar-refractivity contribution in [2.45, 2.75) is 71.0 Å². The smallest absolute Gasteiger partial charge is 0.237 e.